The van der Waals surface area contributed by atoms with Crippen LogP contribution in [0.2, 0.25) is 0 Å². The fraction of sp³-hybridized carbons (Fsp3) is 0.222. The van der Waals surface area contributed by atoms with Crippen LogP contribution in [0.1, 0.15) is 5.56 Å². The normalized spacial score (nSPS) is 13.9. The molecule has 0 N–H and O–H groups in total. The lowest BCUT2D eigenvalue weighted by Gasteiger charge is -2.20. The van der Waals surface area contributed by atoms with Crippen molar-refractivity contribution in [3.8, 4) is 23.0 Å². The SMILES string of the molecule is COc1cc2nccc(Oc3ccc(N4CCN(Cc5ccccc5)C4)cc3F)c2cc1OC. The fourth-order valence-electron chi connectivity index (χ4n) is 4.25. The highest BCUT2D eigenvalue weighted by molar-refractivity contribution is 5.88. The van der Waals surface area contributed by atoms with Crippen molar-refractivity contribution in [2.24, 2.45) is 0 Å². The molecule has 3 aromatic carbocycles. The summed E-state index contributed by atoms with van der Waals surface area (Å²) in [6.45, 7) is 3.42. The summed E-state index contributed by atoms with van der Waals surface area (Å²) in [7, 11) is 3.14. The Morgan fingerprint density at radius 3 is 2.41 bits per heavy atom. The van der Waals surface area contributed by atoms with Crippen LogP contribution in [0.5, 0.6) is 23.0 Å². The lowest BCUT2D eigenvalue weighted by atomic mass is 10.1. The van der Waals surface area contributed by atoms with Crippen LogP contribution in [0.25, 0.3) is 10.9 Å². The molecule has 0 atom stereocenters. The van der Waals surface area contributed by atoms with Gasteiger partial charge in [0.2, 0.25) is 0 Å². The molecular formula is C27H26FN3O3. The van der Waals surface area contributed by atoms with Crippen LogP contribution in [0.15, 0.2) is 72.9 Å². The Labute approximate surface area is 198 Å². The lowest BCUT2D eigenvalue weighted by Crippen LogP contribution is -2.25. The summed E-state index contributed by atoms with van der Waals surface area (Å²) in [6.07, 6.45) is 1.63. The molecule has 1 aromatic heterocycles. The van der Waals surface area contributed by atoms with Gasteiger partial charge in [0.15, 0.2) is 23.1 Å². The highest BCUT2D eigenvalue weighted by Gasteiger charge is 2.21. The van der Waals surface area contributed by atoms with Crippen molar-refractivity contribution in [1.82, 2.24) is 9.88 Å². The number of fused-ring (bicyclic) bond motifs is 1. The van der Waals surface area contributed by atoms with E-state index in [1.54, 1.807) is 44.7 Å². The van der Waals surface area contributed by atoms with Gasteiger partial charge in [-0.2, -0.15) is 0 Å². The van der Waals surface area contributed by atoms with Crippen LogP contribution in [0, 0.1) is 5.82 Å². The molecule has 6 nitrogen and oxygen atoms in total. The number of ether oxygens (including phenoxy) is 3. The molecule has 0 amide bonds. The maximum Gasteiger partial charge on any atom is 0.167 e. The largest absolute Gasteiger partial charge is 0.493 e. The summed E-state index contributed by atoms with van der Waals surface area (Å²) in [5.74, 6) is 1.36. The van der Waals surface area contributed by atoms with Gasteiger partial charge in [0.05, 0.1) is 26.4 Å². The Morgan fingerprint density at radius 1 is 0.853 bits per heavy atom. The second kappa shape index (κ2) is 9.57. The minimum Gasteiger partial charge on any atom is -0.493 e. The van der Waals surface area contributed by atoms with E-state index in [1.165, 1.54) is 11.6 Å². The number of halogens is 1. The number of nitrogens with zero attached hydrogens (tertiary/aromatic N) is 3. The van der Waals surface area contributed by atoms with Gasteiger partial charge in [0, 0.05) is 49.0 Å². The number of rotatable bonds is 7. The van der Waals surface area contributed by atoms with E-state index in [9.17, 15) is 0 Å². The molecule has 0 saturated carbocycles. The average molecular weight is 460 g/mol. The molecule has 0 aliphatic carbocycles. The van der Waals surface area contributed by atoms with Crippen LogP contribution in [-0.2, 0) is 6.54 Å². The lowest BCUT2D eigenvalue weighted by molar-refractivity contribution is 0.334. The predicted octanol–water partition coefficient (Wildman–Crippen LogP) is 5.46. The van der Waals surface area contributed by atoms with Gasteiger partial charge in [0.1, 0.15) is 5.75 Å². The summed E-state index contributed by atoms with van der Waals surface area (Å²) in [4.78, 5) is 8.90. The van der Waals surface area contributed by atoms with E-state index in [-0.39, 0.29) is 5.75 Å². The number of hydrogen-bond acceptors (Lipinski definition) is 6. The molecule has 1 aliphatic rings. The van der Waals surface area contributed by atoms with Gasteiger partial charge in [-0.3, -0.25) is 9.88 Å². The van der Waals surface area contributed by atoms with Gasteiger partial charge in [-0.25, -0.2) is 4.39 Å². The van der Waals surface area contributed by atoms with Gasteiger partial charge < -0.3 is 19.1 Å². The molecule has 2 heterocycles. The third-order valence-electron chi connectivity index (χ3n) is 6.01. The minimum atomic E-state index is -0.413. The van der Waals surface area contributed by atoms with Crippen LogP contribution in [0.4, 0.5) is 10.1 Å². The van der Waals surface area contributed by atoms with Crippen LogP contribution in [-0.4, -0.2) is 43.9 Å². The highest BCUT2D eigenvalue weighted by Crippen LogP contribution is 2.38. The molecule has 5 rings (SSSR count). The van der Waals surface area contributed by atoms with Gasteiger partial charge in [0.25, 0.3) is 0 Å². The van der Waals surface area contributed by atoms with E-state index < -0.39 is 5.82 Å². The second-order valence-corrected chi connectivity index (χ2v) is 8.19. The van der Waals surface area contributed by atoms with E-state index in [4.69, 9.17) is 14.2 Å². The summed E-state index contributed by atoms with van der Waals surface area (Å²) >= 11 is 0. The van der Waals surface area contributed by atoms with E-state index in [0.29, 0.717) is 28.2 Å². The van der Waals surface area contributed by atoms with Crippen molar-refractivity contribution >= 4 is 16.6 Å². The van der Waals surface area contributed by atoms with E-state index in [1.807, 2.05) is 12.1 Å². The van der Waals surface area contributed by atoms with Gasteiger partial charge >= 0.3 is 0 Å². The molecule has 1 aliphatic heterocycles. The molecule has 7 heteroatoms. The van der Waals surface area contributed by atoms with E-state index in [0.717, 1.165) is 32.0 Å². The van der Waals surface area contributed by atoms with Crippen molar-refractivity contribution in [3.63, 3.8) is 0 Å². The quantitative estimate of drug-likeness (QED) is 0.366. The Bertz CT molecular complexity index is 1300. The van der Waals surface area contributed by atoms with Gasteiger partial charge in [-0.05, 0) is 29.8 Å². The highest BCUT2D eigenvalue weighted by atomic mass is 19.1. The zero-order chi connectivity index (χ0) is 23.5. The van der Waals surface area contributed by atoms with Crippen LogP contribution >= 0.6 is 0 Å². The Morgan fingerprint density at radius 2 is 1.65 bits per heavy atom. The predicted molar refractivity (Wildman–Crippen MR) is 130 cm³/mol. The number of aromatic nitrogens is 1. The first-order chi connectivity index (χ1) is 16.6. The molecule has 4 aromatic rings. The third-order valence-corrected chi connectivity index (χ3v) is 6.01. The van der Waals surface area contributed by atoms with Crippen LogP contribution < -0.4 is 19.1 Å². The second-order valence-electron chi connectivity index (χ2n) is 8.19. The molecule has 0 bridgehead atoms. The number of pyridine rings is 1. The first kappa shape index (κ1) is 22.0. The fourth-order valence-corrected chi connectivity index (χ4v) is 4.25. The number of hydrogen-bond donors (Lipinski definition) is 0. The standard InChI is InChI=1S/C27H26FN3O3/c1-32-26-15-21-23(16-27(26)33-2)29-11-10-24(21)34-25-9-8-20(14-22(25)28)31-13-12-30(18-31)17-19-6-4-3-5-7-19/h3-11,14-16H,12-13,17-18H2,1-2H3. The number of anilines is 1. The molecular weight excluding hydrogens is 433 g/mol. The first-order valence-corrected chi connectivity index (χ1v) is 11.1. The maximum absolute atomic E-state index is 15.1. The van der Waals surface area contributed by atoms with Gasteiger partial charge in [-0.1, -0.05) is 30.3 Å². The molecule has 1 saturated heterocycles. The van der Waals surface area contributed by atoms with Crippen molar-refractivity contribution in [3.05, 3.63) is 84.3 Å². The van der Waals surface area contributed by atoms with E-state index in [2.05, 4.69) is 39.0 Å². The Hall–Kier alpha value is -3.84. The van der Waals surface area contributed by atoms with Gasteiger partial charge in [-0.15, -0.1) is 0 Å². The Kier molecular flexibility index (Phi) is 6.18. The summed E-state index contributed by atoms with van der Waals surface area (Å²) in [6, 6.07) is 20.8. The Balaban J connectivity index is 1.33. The monoisotopic (exact) mass is 459 g/mol. The van der Waals surface area contributed by atoms with Crippen molar-refractivity contribution in [2.75, 3.05) is 38.9 Å². The molecule has 0 radical (unpaired) electrons. The summed E-state index contributed by atoms with van der Waals surface area (Å²) in [5.41, 5.74) is 2.78. The van der Waals surface area contributed by atoms with E-state index >= 15 is 4.39 Å². The summed E-state index contributed by atoms with van der Waals surface area (Å²) < 4.78 is 31.8. The third kappa shape index (κ3) is 4.47. The molecule has 0 spiro atoms. The average Bonchev–Trinajstić information content (AvgIpc) is 3.33. The molecule has 0 unspecified atom stereocenters. The van der Waals surface area contributed by atoms with Crippen molar-refractivity contribution in [1.29, 1.82) is 0 Å². The smallest absolute Gasteiger partial charge is 0.167 e. The van der Waals surface area contributed by atoms with Crippen molar-refractivity contribution < 1.29 is 18.6 Å². The summed E-state index contributed by atoms with van der Waals surface area (Å²) in [5, 5.41) is 0.708. The first-order valence-electron chi connectivity index (χ1n) is 11.1. The topological polar surface area (TPSA) is 47.1 Å². The molecule has 1 fully saturated rings. The zero-order valence-electron chi connectivity index (χ0n) is 19.2. The number of benzene rings is 3. The minimum absolute atomic E-state index is 0.159. The van der Waals surface area contributed by atoms with Crippen LogP contribution in [0.3, 0.4) is 0 Å². The zero-order valence-corrected chi connectivity index (χ0v) is 19.2. The maximum atomic E-state index is 15.1. The molecule has 34 heavy (non-hydrogen) atoms. The number of methoxy groups -OCH3 is 2. The molecule has 174 valence electrons. The van der Waals surface area contributed by atoms with Crippen molar-refractivity contribution in [2.45, 2.75) is 6.54 Å².